The van der Waals surface area contributed by atoms with E-state index >= 15 is 0 Å². The normalized spacial score (nSPS) is 15.4. The van der Waals surface area contributed by atoms with Crippen LogP contribution in [0.4, 0.5) is 5.69 Å². The van der Waals surface area contributed by atoms with Crippen LogP contribution in [-0.2, 0) is 0 Å². The Hall–Kier alpha value is -1.14. The standard InChI is InChI=1S/C11H13BrN2O3/c12-9-1-2-11(10(5-9)14(15)16)17-4-3-8-6-13-7-8/h1-2,5,8,13H,3-4,6-7H2. The Kier molecular flexibility index (Phi) is 3.96. The molecule has 2 rings (SSSR count). The first-order chi connectivity index (χ1) is 8.16. The topological polar surface area (TPSA) is 64.4 Å². The maximum Gasteiger partial charge on any atom is 0.312 e. The van der Waals surface area contributed by atoms with Crippen LogP contribution >= 0.6 is 15.9 Å². The Morgan fingerprint density at radius 1 is 1.53 bits per heavy atom. The minimum atomic E-state index is -0.426. The first-order valence-electron chi connectivity index (χ1n) is 5.44. The second-order valence-electron chi connectivity index (χ2n) is 4.03. The van der Waals surface area contributed by atoms with Crippen LogP contribution in [0.1, 0.15) is 6.42 Å². The average molecular weight is 301 g/mol. The molecule has 1 N–H and O–H groups in total. The van der Waals surface area contributed by atoms with Crippen LogP contribution in [0.2, 0.25) is 0 Å². The monoisotopic (exact) mass is 300 g/mol. The predicted molar refractivity (Wildman–Crippen MR) is 67.3 cm³/mol. The fourth-order valence-corrected chi connectivity index (χ4v) is 1.99. The van der Waals surface area contributed by atoms with Gasteiger partial charge in [0.25, 0.3) is 0 Å². The molecule has 0 aromatic heterocycles. The zero-order chi connectivity index (χ0) is 12.3. The summed E-state index contributed by atoms with van der Waals surface area (Å²) in [5, 5.41) is 14.0. The number of halogens is 1. The second-order valence-corrected chi connectivity index (χ2v) is 4.95. The molecular weight excluding hydrogens is 288 g/mol. The zero-order valence-electron chi connectivity index (χ0n) is 9.19. The summed E-state index contributed by atoms with van der Waals surface area (Å²) in [6.07, 6.45) is 0.931. The molecule has 1 aromatic rings. The molecule has 1 aromatic carbocycles. The van der Waals surface area contributed by atoms with Crippen LogP contribution in [0.3, 0.4) is 0 Å². The van der Waals surface area contributed by atoms with Crippen molar-refractivity contribution in [1.29, 1.82) is 0 Å². The first kappa shape index (κ1) is 12.3. The number of nitro groups is 1. The molecule has 0 bridgehead atoms. The van der Waals surface area contributed by atoms with E-state index in [4.69, 9.17) is 4.74 Å². The first-order valence-corrected chi connectivity index (χ1v) is 6.23. The van der Waals surface area contributed by atoms with Crippen LogP contribution in [-0.4, -0.2) is 24.6 Å². The third kappa shape index (κ3) is 3.17. The van der Waals surface area contributed by atoms with Crippen LogP contribution in [0, 0.1) is 16.0 Å². The molecule has 5 nitrogen and oxygen atoms in total. The molecule has 0 unspecified atom stereocenters. The number of hydrogen-bond donors (Lipinski definition) is 1. The van der Waals surface area contributed by atoms with E-state index in [1.165, 1.54) is 6.07 Å². The van der Waals surface area contributed by atoms with E-state index in [1.807, 2.05) is 0 Å². The smallest absolute Gasteiger partial charge is 0.312 e. The van der Waals surface area contributed by atoms with Crippen LogP contribution in [0.15, 0.2) is 22.7 Å². The molecule has 1 aliphatic rings. The van der Waals surface area contributed by atoms with Crippen molar-refractivity contribution in [1.82, 2.24) is 5.32 Å². The average Bonchev–Trinajstić information content (AvgIpc) is 2.23. The number of hydrogen-bond acceptors (Lipinski definition) is 4. The summed E-state index contributed by atoms with van der Waals surface area (Å²) in [6, 6.07) is 4.83. The van der Waals surface area contributed by atoms with Crippen molar-refractivity contribution in [2.24, 2.45) is 5.92 Å². The van der Waals surface area contributed by atoms with Gasteiger partial charge < -0.3 is 10.1 Å². The van der Waals surface area contributed by atoms with Gasteiger partial charge in [-0.1, -0.05) is 15.9 Å². The molecular formula is C11H13BrN2O3. The Bertz CT molecular complexity index is 421. The van der Waals surface area contributed by atoms with Crippen molar-refractivity contribution in [2.75, 3.05) is 19.7 Å². The zero-order valence-corrected chi connectivity index (χ0v) is 10.8. The lowest BCUT2D eigenvalue weighted by molar-refractivity contribution is -0.386. The number of nitro benzene ring substituents is 1. The molecule has 1 saturated heterocycles. The number of nitrogens with one attached hydrogen (secondary N) is 1. The molecule has 1 aliphatic heterocycles. The maximum atomic E-state index is 10.8. The number of nitrogens with zero attached hydrogens (tertiary/aromatic N) is 1. The lowest BCUT2D eigenvalue weighted by atomic mass is 10.0. The fraction of sp³-hybridized carbons (Fsp3) is 0.455. The third-order valence-corrected chi connectivity index (χ3v) is 3.26. The maximum absolute atomic E-state index is 10.8. The molecule has 17 heavy (non-hydrogen) atoms. The molecule has 0 atom stereocenters. The van der Waals surface area contributed by atoms with Gasteiger partial charge in [-0.15, -0.1) is 0 Å². The van der Waals surface area contributed by atoms with E-state index in [0.29, 0.717) is 22.7 Å². The fourth-order valence-electron chi connectivity index (χ4n) is 1.64. The predicted octanol–water partition coefficient (Wildman–Crippen LogP) is 2.35. The summed E-state index contributed by atoms with van der Waals surface area (Å²) in [5.41, 5.74) is 0.00566. The van der Waals surface area contributed by atoms with Crippen molar-refractivity contribution in [3.05, 3.63) is 32.8 Å². The van der Waals surface area contributed by atoms with Gasteiger partial charge in [-0.2, -0.15) is 0 Å². The van der Waals surface area contributed by atoms with E-state index < -0.39 is 4.92 Å². The highest BCUT2D eigenvalue weighted by Gasteiger charge is 2.18. The molecule has 0 radical (unpaired) electrons. The van der Waals surface area contributed by atoms with Crippen LogP contribution < -0.4 is 10.1 Å². The van der Waals surface area contributed by atoms with E-state index in [1.54, 1.807) is 12.1 Å². The third-order valence-electron chi connectivity index (χ3n) is 2.77. The number of rotatable bonds is 5. The molecule has 0 aliphatic carbocycles. The molecule has 0 amide bonds. The number of ether oxygens (including phenoxy) is 1. The van der Waals surface area contributed by atoms with Gasteiger partial charge in [-0.3, -0.25) is 10.1 Å². The van der Waals surface area contributed by atoms with Crippen molar-refractivity contribution < 1.29 is 9.66 Å². The summed E-state index contributed by atoms with van der Waals surface area (Å²) in [6.45, 7) is 2.56. The van der Waals surface area contributed by atoms with Gasteiger partial charge in [0.05, 0.1) is 11.5 Å². The van der Waals surface area contributed by atoms with Gasteiger partial charge in [0.2, 0.25) is 0 Å². The Labute approximate surface area is 107 Å². The van der Waals surface area contributed by atoms with E-state index in [-0.39, 0.29) is 5.69 Å². The van der Waals surface area contributed by atoms with Gasteiger partial charge >= 0.3 is 5.69 Å². The second kappa shape index (κ2) is 5.46. The van der Waals surface area contributed by atoms with Crippen molar-refractivity contribution in [2.45, 2.75) is 6.42 Å². The molecule has 92 valence electrons. The van der Waals surface area contributed by atoms with Gasteiger partial charge in [-0.25, -0.2) is 0 Å². The summed E-state index contributed by atoms with van der Waals surface area (Å²) in [4.78, 5) is 10.4. The van der Waals surface area contributed by atoms with Crippen molar-refractivity contribution >= 4 is 21.6 Å². The lowest BCUT2D eigenvalue weighted by Gasteiger charge is -2.26. The Morgan fingerprint density at radius 3 is 2.88 bits per heavy atom. The Morgan fingerprint density at radius 2 is 2.29 bits per heavy atom. The quantitative estimate of drug-likeness (QED) is 0.670. The highest BCUT2D eigenvalue weighted by Crippen LogP contribution is 2.30. The minimum Gasteiger partial charge on any atom is -0.487 e. The summed E-state index contributed by atoms with van der Waals surface area (Å²) in [7, 11) is 0. The van der Waals surface area contributed by atoms with Gasteiger partial charge in [0.1, 0.15) is 0 Å². The van der Waals surface area contributed by atoms with Crippen molar-refractivity contribution in [3.8, 4) is 5.75 Å². The van der Waals surface area contributed by atoms with Crippen molar-refractivity contribution in [3.63, 3.8) is 0 Å². The van der Waals surface area contributed by atoms with E-state index in [0.717, 1.165) is 19.5 Å². The minimum absolute atomic E-state index is 0.00566. The highest BCUT2D eigenvalue weighted by molar-refractivity contribution is 9.10. The SMILES string of the molecule is O=[N+]([O-])c1cc(Br)ccc1OCCC1CNC1. The van der Waals surface area contributed by atoms with E-state index in [9.17, 15) is 10.1 Å². The molecule has 1 fully saturated rings. The van der Waals surface area contributed by atoms with Gasteiger partial charge in [0, 0.05) is 10.5 Å². The highest BCUT2D eigenvalue weighted by atomic mass is 79.9. The summed E-state index contributed by atoms with van der Waals surface area (Å²) >= 11 is 3.21. The summed E-state index contributed by atoms with van der Waals surface area (Å²) in [5.74, 6) is 0.981. The lowest BCUT2D eigenvalue weighted by Crippen LogP contribution is -2.42. The van der Waals surface area contributed by atoms with Gasteiger partial charge in [0.15, 0.2) is 5.75 Å². The van der Waals surface area contributed by atoms with Crippen LogP contribution in [0.5, 0.6) is 5.75 Å². The number of benzene rings is 1. The molecule has 1 heterocycles. The Balaban J connectivity index is 1.96. The molecule has 0 saturated carbocycles. The molecule has 0 spiro atoms. The summed E-state index contributed by atoms with van der Waals surface area (Å²) < 4.78 is 6.15. The van der Waals surface area contributed by atoms with Gasteiger partial charge in [-0.05, 0) is 37.6 Å². The molecule has 6 heteroatoms. The van der Waals surface area contributed by atoms with E-state index in [2.05, 4.69) is 21.2 Å². The van der Waals surface area contributed by atoms with Crippen LogP contribution in [0.25, 0.3) is 0 Å². The largest absolute Gasteiger partial charge is 0.487 e.